The fraction of sp³-hybridized carbons (Fsp3) is 0. The third kappa shape index (κ3) is 1.22. The van der Waals surface area contributed by atoms with E-state index in [1.165, 1.54) is 12.4 Å². The quantitative estimate of drug-likeness (QED) is 0.544. The number of carbonyl (C=O) groups excluding carboxylic acids is 1. The molecule has 0 radical (unpaired) electrons. The molecule has 52 valence electrons. The minimum atomic E-state index is -0.556. The predicted octanol–water partition coefficient (Wildman–Crippen LogP) is 1.01. The molecule has 1 heterocycles. The molecule has 0 aliphatic heterocycles. The van der Waals surface area contributed by atoms with Gasteiger partial charge in [-0.25, -0.2) is 4.79 Å². The van der Waals surface area contributed by atoms with Crippen LogP contribution in [0.3, 0.4) is 0 Å². The van der Waals surface area contributed by atoms with Gasteiger partial charge >= 0.3 is 6.09 Å². The normalized spacial score (nSPS) is 8.80. The number of ether oxygens (including phenoxy) is 1. The van der Waals surface area contributed by atoms with Crippen LogP contribution in [-0.2, 0) is 4.74 Å². The van der Waals surface area contributed by atoms with Gasteiger partial charge in [0.1, 0.15) is 0 Å². The summed E-state index contributed by atoms with van der Waals surface area (Å²) in [5.41, 5.74) is 0. The van der Waals surface area contributed by atoms with E-state index in [0.717, 1.165) is 10.9 Å². The van der Waals surface area contributed by atoms with Gasteiger partial charge in [-0.1, -0.05) is 6.58 Å². The second-order valence-electron chi connectivity index (χ2n) is 1.50. The van der Waals surface area contributed by atoms with Gasteiger partial charge < -0.3 is 4.74 Å². The van der Waals surface area contributed by atoms with E-state index in [1.54, 1.807) is 6.07 Å². The molecule has 10 heavy (non-hydrogen) atoms. The minimum absolute atomic E-state index is 0.556. The third-order valence-corrected chi connectivity index (χ3v) is 0.876. The lowest BCUT2D eigenvalue weighted by Crippen LogP contribution is -2.10. The first-order chi connectivity index (χ1) is 4.84. The van der Waals surface area contributed by atoms with Crippen LogP contribution in [0, 0.1) is 0 Å². The highest BCUT2D eigenvalue weighted by molar-refractivity contribution is 5.69. The van der Waals surface area contributed by atoms with Crippen LogP contribution in [0.5, 0.6) is 0 Å². The number of rotatable bonds is 1. The molecule has 0 aliphatic carbocycles. The number of nitrogens with zero attached hydrogens (tertiary/aromatic N) is 2. The summed E-state index contributed by atoms with van der Waals surface area (Å²) in [6, 6.07) is 1.63. The maximum atomic E-state index is 10.7. The second-order valence-corrected chi connectivity index (χ2v) is 1.50. The topological polar surface area (TPSA) is 44.1 Å². The number of aromatic nitrogens is 2. The van der Waals surface area contributed by atoms with Crippen molar-refractivity contribution in [1.29, 1.82) is 0 Å². The van der Waals surface area contributed by atoms with Crippen molar-refractivity contribution < 1.29 is 9.53 Å². The molecule has 0 saturated heterocycles. The molecule has 0 fully saturated rings. The third-order valence-electron chi connectivity index (χ3n) is 0.876. The highest BCUT2D eigenvalue weighted by Gasteiger charge is 2.00. The smallest absolute Gasteiger partial charge is 0.417 e. The Hall–Kier alpha value is -1.58. The van der Waals surface area contributed by atoms with E-state index in [0.29, 0.717) is 0 Å². The van der Waals surface area contributed by atoms with Gasteiger partial charge in [0, 0.05) is 12.4 Å². The van der Waals surface area contributed by atoms with Crippen molar-refractivity contribution in [3.63, 3.8) is 0 Å². The number of hydrogen-bond acceptors (Lipinski definition) is 3. The monoisotopic (exact) mass is 138 g/mol. The average Bonchev–Trinajstić information content (AvgIpc) is 2.38. The van der Waals surface area contributed by atoms with Gasteiger partial charge in [-0.15, -0.1) is 0 Å². The van der Waals surface area contributed by atoms with Crippen LogP contribution in [0.4, 0.5) is 4.79 Å². The molecule has 0 saturated carbocycles. The Labute approximate surface area is 57.7 Å². The van der Waals surface area contributed by atoms with E-state index in [4.69, 9.17) is 0 Å². The lowest BCUT2D eigenvalue weighted by molar-refractivity contribution is 0.184. The number of carbonyl (C=O) groups is 1. The maximum Gasteiger partial charge on any atom is 0.439 e. The predicted molar refractivity (Wildman–Crippen MR) is 34.3 cm³/mol. The SMILES string of the molecule is C=COC(=O)n1cccn1. The van der Waals surface area contributed by atoms with Crippen molar-refractivity contribution in [2.75, 3.05) is 0 Å². The Balaban J connectivity index is 2.68. The zero-order valence-corrected chi connectivity index (χ0v) is 5.23. The van der Waals surface area contributed by atoms with Crippen molar-refractivity contribution in [2.24, 2.45) is 0 Å². The molecule has 0 N–H and O–H groups in total. The molecule has 0 atom stereocenters. The molecule has 1 aromatic heterocycles. The van der Waals surface area contributed by atoms with E-state index < -0.39 is 6.09 Å². The summed E-state index contributed by atoms with van der Waals surface area (Å²) in [5.74, 6) is 0. The Kier molecular flexibility index (Phi) is 1.84. The lowest BCUT2D eigenvalue weighted by Gasteiger charge is -1.94. The summed E-state index contributed by atoms with van der Waals surface area (Å²) in [5, 5.41) is 3.63. The van der Waals surface area contributed by atoms with Gasteiger partial charge in [-0.2, -0.15) is 9.78 Å². The van der Waals surface area contributed by atoms with Gasteiger partial charge in [0.05, 0.1) is 6.26 Å². The van der Waals surface area contributed by atoms with E-state index in [2.05, 4.69) is 16.4 Å². The Bertz CT molecular complexity index is 228. The molecule has 0 bridgehead atoms. The van der Waals surface area contributed by atoms with Crippen LogP contribution in [0.1, 0.15) is 0 Å². The van der Waals surface area contributed by atoms with Crippen LogP contribution in [0.2, 0.25) is 0 Å². The van der Waals surface area contributed by atoms with Gasteiger partial charge in [0.15, 0.2) is 0 Å². The molecule has 4 heteroatoms. The molecule has 4 nitrogen and oxygen atoms in total. The molecule has 0 spiro atoms. The zero-order chi connectivity index (χ0) is 7.40. The molecule has 0 amide bonds. The first-order valence-corrected chi connectivity index (χ1v) is 2.66. The Morgan fingerprint density at radius 1 is 1.80 bits per heavy atom. The summed E-state index contributed by atoms with van der Waals surface area (Å²) in [7, 11) is 0. The van der Waals surface area contributed by atoms with Crippen LogP contribution >= 0.6 is 0 Å². The van der Waals surface area contributed by atoms with Crippen molar-refractivity contribution in [2.45, 2.75) is 0 Å². The Morgan fingerprint density at radius 3 is 3.10 bits per heavy atom. The van der Waals surface area contributed by atoms with Gasteiger partial charge in [0.25, 0.3) is 0 Å². The molecular weight excluding hydrogens is 132 g/mol. The molecule has 1 rings (SSSR count). The van der Waals surface area contributed by atoms with Crippen molar-refractivity contribution >= 4 is 6.09 Å². The molecular formula is C6H6N2O2. The van der Waals surface area contributed by atoms with Gasteiger partial charge in [-0.05, 0) is 6.07 Å². The lowest BCUT2D eigenvalue weighted by atomic mass is 10.8. The summed E-state index contributed by atoms with van der Waals surface area (Å²) in [6.07, 6.45) is 3.49. The molecule has 0 aliphatic rings. The van der Waals surface area contributed by atoms with Crippen molar-refractivity contribution in [1.82, 2.24) is 9.78 Å². The van der Waals surface area contributed by atoms with E-state index >= 15 is 0 Å². The maximum absolute atomic E-state index is 10.7. The fourth-order valence-electron chi connectivity index (χ4n) is 0.502. The summed E-state index contributed by atoms with van der Waals surface area (Å²) < 4.78 is 5.48. The van der Waals surface area contributed by atoms with Gasteiger partial charge in [-0.3, -0.25) is 0 Å². The minimum Gasteiger partial charge on any atom is -0.417 e. The fourth-order valence-corrected chi connectivity index (χ4v) is 0.502. The van der Waals surface area contributed by atoms with E-state index in [1.807, 2.05) is 0 Å². The van der Waals surface area contributed by atoms with Crippen molar-refractivity contribution in [3.05, 3.63) is 31.3 Å². The van der Waals surface area contributed by atoms with Gasteiger partial charge in [0.2, 0.25) is 0 Å². The van der Waals surface area contributed by atoms with Crippen LogP contribution in [0.25, 0.3) is 0 Å². The first-order valence-electron chi connectivity index (χ1n) is 2.66. The first kappa shape index (κ1) is 6.54. The summed E-state index contributed by atoms with van der Waals surface area (Å²) >= 11 is 0. The largest absolute Gasteiger partial charge is 0.439 e. The highest BCUT2D eigenvalue weighted by Crippen LogP contribution is 1.87. The molecule has 1 aromatic rings. The zero-order valence-electron chi connectivity index (χ0n) is 5.23. The van der Waals surface area contributed by atoms with E-state index in [9.17, 15) is 4.79 Å². The van der Waals surface area contributed by atoms with E-state index in [-0.39, 0.29) is 0 Å². The second kappa shape index (κ2) is 2.82. The molecule has 0 unspecified atom stereocenters. The standard InChI is InChI=1S/C6H6N2O2/c1-2-10-6(9)8-5-3-4-7-8/h2-5H,1H2. The highest BCUT2D eigenvalue weighted by atomic mass is 16.5. The summed E-state index contributed by atoms with van der Waals surface area (Å²) in [4.78, 5) is 10.7. The Morgan fingerprint density at radius 2 is 2.60 bits per heavy atom. The van der Waals surface area contributed by atoms with Crippen LogP contribution in [-0.4, -0.2) is 15.9 Å². The molecule has 0 aromatic carbocycles. The van der Waals surface area contributed by atoms with Crippen molar-refractivity contribution in [3.8, 4) is 0 Å². The average molecular weight is 138 g/mol. The van der Waals surface area contributed by atoms with Crippen LogP contribution in [0.15, 0.2) is 31.3 Å². The van der Waals surface area contributed by atoms with Crippen LogP contribution < -0.4 is 0 Å². The number of hydrogen-bond donors (Lipinski definition) is 0. The summed E-state index contributed by atoms with van der Waals surface area (Å²) in [6.45, 7) is 3.23.